The van der Waals surface area contributed by atoms with Crippen LogP contribution in [0.25, 0.3) is 0 Å². The van der Waals surface area contributed by atoms with Gasteiger partial charge in [0.1, 0.15) is 0 Å². The molecule has 1 heterocycles. The summed E-state index contributed by atoms with van der Waals surface area (Å²) >= 11 is 0. The molecule has 1 aliphatic heterocycles. The molecule has 0 spiro atoms. The average molecular weight is 161 g/mol. The second-order valence-electron chi connectivity index (χ2n) is 2.99. The Hall–Kier alpha value is -1.51. The lowest BCUT2D eigenvalue weighted by Gasteiger charge is -2.17. The zero-order valence-electron chi connectivity index (χ0n) is 6.91. The number of nitrogen functional groups attached to an aromatic ring is 1. The number of nitrogens with two attached hydrogens (primary N) is 1. The van der Waals surface area contributed by atoms with Crippen molar-refractivity contribution >= 4 is 23.3 Å². The van der Waals surface area contributed by atoms with Crippen molar-refractivity contribution in [2.45, 2.75) is 13.0 Å². The van der Waals surface area contributed by atoms with Crippen molar-refractivity contribution in [3.05, 3.63) is 18.2 Å². The molecule has 3 nitrogen and oxygen atoms in total. The summed E-state index contributed by atoms with van der Waals surface area (Å²) in [5.74, 6) is 0. The van der Waals surface area contributed by atoms with Crippen LogP contribution in [0, 0.1) is 0 Å². The fourth-order valence-corrected chi connectivity index (χ4v) is 1.26. The molecule has 0 aromatic heterocycles. The molecule has 0 saturated heterocycles. The SMILES string of the molecule is CC1C=Nc2ccc(N)cc2N1. The predicted octanol–water partition coefficient (Wildman–Crippen LogP) is 1.79. The normalized spacial score (nSPS) is 19.9. The monoisotopic (exact) mass is 161 g/mol. The van der Waals surface area contributed by atoms with Crippen molar-refractivity contribution in [2.24, 2.45) is 4.99 Å². The van der Waals surface area contributed by atoms with Gasteiger partial charge in [0.05, 0.1) is 17.4 Å². The summed E-state index contributed by atoms with van der Waals surface area (Å²) in [6.07, 6.45) is 1.89. The number of nitrogens with zero attached hydrogens (tertiary/aromatic N) is 1. The second-order valence-corrected chi connectivity index (χ2v) is 2.99. The molecule has 3 heteroatoms. The topological polar surface area (TPSA) is 50.4 Å². The van der Waals surface area contributed by atoms with Crippen LogP contribution in [0.15, 0.2) is 23.2 Å². The molecule has 0 aliphatic carbocycles. The summed E-state index contributed by atoms with van der Waals surface area (Å²) in [4.78, 5) is 4.27. The van der Waals surface area contributed by atoms with E-state index in [-0.39, 0.29) is 0 Å². The van der Waals surface area contributed by atoms with E-state index >= 15 is 0 Å². The molecule has 3 N–H and O–H groups in total. The van der Waals surface area contributed by atoms with Gasteiger partial charge in [0, 0.05) is 11.9 Å². The van der Waals surface area contributed by atoms with E-state index in [9.17, 15) is 0 Å². The lowest BCUT2D eigenvalue weighted by molar-refractivity contribution is 1.05. The minimum atomic E-state index is 0.291. The minimum absolute atomic E-state index is 0.291. The first kappa shape index (κ1) is 7.16. The van der Waals surface area contributed by atoms with Crippen LogP contribution in [-0.2, 0) is 0 Å². The highest BCUT2D eigenvalue weighted by Crippen LogP contribution is 2.29. The van der Waals surface area contributed by atoms with Crippen molar-refractivity contribution in [3.8, 4) is 0 Å². The molecular weight excluding hydrogens is 150 g/mol. The summed E-state index contributed by atoms with van der Waals surface area (Å²) in [6, 6.07) is 5.97. The third-order valence-electron chi connectivity index (χ3n) is 1.84. The largest absolute Gasteiger partial charge is 0.399 e. The number of aliphatic imine (C=N–C) groups is 1. The Balaban J connectivity index is 2.47. The maximum absolute atomic E-state index is 5.64. The number of fused-ring (bicyclic) bond motifs is 1. The van der Waals surface area contributed by atoms with Gasteiger partial charge >= 0.3 is 0 Å². The Morgan fingerprint density at radius 1 is 1.50 bits per heavy atom. The van der Waals surface area contributed by atoms with Crippen LogP contribution < -0.4 is 11.1 Å². The molecule has 1 aliphatic rings. The molecule has 62 valence electrons. The van der Waals surface area contributed by atoms with Gasteiger partial charge in [-0.25, -0.2) is 0 Å². The Kier molecular flexibility index (Phi) is 1.50. The van der Waals surface area contributed by atoms with E-state index in [4.69, 9.17) is 5.73 Å². The van der Waals surface area contributed by atoms with E-state index in [1.54, 1.807) is 0 Å². The Morgan fingerprint density at radius 2 is 2.33 bits per heavy atom. The summed E-state index contributed by atoms with van der Waals surface area (Å²) in [5, 5.41) is 3.27. The number of hydrogen-bond acceptors (Lipinski definition) is 3. The van der Waals surface area contributed by atoms with Gasteiger partial charge in [-0.3, -0.25) is 4.99 Å². The van der Waals surface area contributed by atoms with Crippen LogP contribution in [0.4, 0.5) is 17.1 Å². The molecule has 0 amide bonds. The Labute approximate surface area is 71.3 Å². The van der Waals surface area contributed by atoms with Gasteiger partial charge in [-0.15, -0.1) is 0 Å². The highest BCUT2D eigenvalue weighted by molar-refractivity contribution is 5.84. The van der Waals surface area contributed by atoms with Crippen LogP contribution in [0.1, 0.15) is 6.92 Å². The quantitative estimate of drug-likeness (QED) is 0.570. The number of anilines is 2. The van der Waals surface area contributed by atoms with Gasteiger partial charge in [-0.05, 0) is 25.1 Å². The maximum Gasteiger partial charge on any atom is 0.0859 e. The summed E-state index contributed by atoms with van der Waals surface area (Å²) in [7, 11) is 0. The Bertz CT molecular complexity index is 331. The van der Waals surface area contributed by atoms with Crippen molar-refractivity contribution in [1.82, 2.24) is 0 Å². The van der Waals surface area contributed by atoms with Crippen molar-refractivity contribution in [3.63, 3.8) is 0 Å². The van der Waals surface area contributed by atoms with E-state index in [1.807, 2.05) is 24.4 Å². The van der Waals surface area contributed by atoms with E-state index in [0.29, 0.717) is 6.04 Å². The third-order valence-corrected chi connectivity index (χ3v) is 1.84. The maximum atomic E-state index is 5.64. The standard InChI is InChI=1S/C9H11N3/c1-6-5-11-8-3-2-7(10)4-9(8)12-6/h2-6,12H,10H2,1H3. The average Bonchev–Trinajstić information content (AvgIpc) is 2.03. The highest BCUT2D eigenvalue weighted by atomic mass is 15.0. The van der Waals surface area contributed by atoms with E-state index in [0.717, 1.165) is 17.1 Å². The van der Waals surface area contributed by atoms with Crippen molar-refractivity contribution < 1.29 is 0 Å². The van der Waals surface area contributed by atoms with E-state index in [2.05, 4.69) is 17.2 Å². The Morgan fingerprint density at radius 3 is 3.17 bits per heavy atom. The zero-order chi connectivity index (χ0) is 8.55. The van der Waals surface area contributed by atoms with Crippen LogP contribution in [0.3, 0.4) is 0 Å². The summed E-state index contributed by atoms with van der Waals surface area (Å²) < 4.78 is 0. The first-order valence-electron chi connectivity index (χ1n) is 3.96. The molecule has 0 bridgehead atoms. The number of nitrogens with one attached hydrogen (secondary N) is 1. The molecule has 0 radical (unpaired) electrons. The van der Waals surface area contributed by atoms with Gasteiger partial charge in [0.15, 0.2) is 0 Å². The molecule has 2 rings (SSSR count). The van der Waals surface area contributed by atoms with Crippen LogP contribution in [-0.4, -0.2) is 12.3 Å². The van der Waals surface area contributed by atoms with Crippen molar-refractivity contribution in [2.75, 3.05) is 11.1 Å². The lowest BCUT2D eigenvalue weighted by atomic mass is 10.2. The smallest absolute Gasteiger partial charge is 0.0859 e. The number of rotatable bonds is 0. The lowest BCUT2D eigenvalue weighted by Crippen LogP contribution is -2.19. The molecular formula is C9H11N3. The van der Waals surface area contributed by atoms with Crippen LogP contribution in [0.5, 0.6) is 0 Å². The molecule has 1 unspecified atom stereocenters. The fraction of sp³-hybridized carbons (Fsp3) is 0.222. The number of hydrogen-bond donors (Lipinski definition) is 2. The zero-order valence-corrected chi connectivity index (χ0v) is 6.91. The third kappa shape index (κ3) is 1.13. The van der Waals surface area contributed by atoms with Crippen LogP contribution >= 0.6 is 0 Å². The molecule has 12 heavy (non-hydrogen) atoms. The minimum Gasteiger partial charge on any atom is -0.399 e. The van der Waals surface area contributed by atoms with Crippen LogP contribution in [0.2, 0.25) is 0 Å². The summed E-state index contributed by atoms with van der Waals surface area (Å²) in [5.41, 5.74) is 8.38. The van der Waals surface area contributed by atoms with Gasteiger partial charge in [-0.2, -0.15) is 0 Å². The molecule has 0 saturated carbocycles. The molecule has 1 aromatic rings. The molecule has 1 atom stereocenters. The fourth-order valence-electron chi connectivity index (χ4n) is 1.26. The second kappa shape index (κ2) is 2.52. The van der Waals surface area contributed by atoms with Gasteiger partial charge in [0.25, 0.3) is 0 Å². The van der Waals surface area contributed by atoms with Crippen molar-refractivity contribution in [1.29, 1.82) is 0 Å². The first-order valence-corrected chi connectivity index (χ1v) is 3.96. The van der Waals surface area contributed by atoms with Gasteiger partial charge in [0.2, 0.25) is 0 Å². The number of benzene rings is 1. The molecule has 0 fully saturated rings. The van der Waals surface area contributed by atoms with E-state index < -0.39 is 0 Å². The summed E-state index contributed by atoms with van der Waals surface area (Å²) in [6.45, 7) is 2.05. The predicted molar refractivity (Wildman–Crippen MR) is 52.1 cm³/mol. The van der Waals surface area contributed by atoms with E-state index in [1.165, 1.54) is 0 Å². The highest BCUT2D eigenvalue weighted by Gasteiger charge is 2.08. The first-order chi connectivity index (χ1) is 5.75. The molecule has 1 aromatic carbocycles. The van der Waals surface area contributed by atoms with Gasteiger partial charge in [-0.1, -0.05) is 0 Å². The van der Waals surface area contributed by atoms with Gasteiger partial charge < -0.3 is 11.1 Å².